The number of anilines is 1. The highest BCUT2D eigenvalue weighted by Gasteiger charge is 2.22. The number of fused-ring (bicyclic) bond motifs is 1. The number of halogens is 1. The number of sulfonamides is 1. The lowest BCUT2D eigenvalue weighted by Gasteiger charge is -2.24. The van der Waals surface area contributed by atoms with E-state index in [4.69, 9.17) is 16.7 Å². The molecule has 0 aliphatic heterocycles. The maximum absolute atomic E-state index is 11.2. The van der Waals surface area contributed by atoms with E-state index in [0.29, 0.717) is 0 Å². The van der Waals surface area contributed by atoms with Crippen molar-refractivity contribution in [3.8, 4) is 0 Å². The highest BCUT2D eigenvalue weighted by atomic mass is 35.5. The molecule has 0 spiro atoms. The van der Waals surface area contributed by atoms with E-state index < -0.39 is 10.0 Å². The van der Waals surface area contributed by atoms with Gasteiger partial charge in [-0.3, -0.25) is 0 Å². The molecule has 3 N–H and O–H groups in total. The second kappa shape index (κ2) is 5.61. The molecule has 0 amide bonds. The van der Waals surface area contributed by atoms with Crippen LogP contribution in [0.5, 0.6) is 0 Å². The van der Waals surface area contributed by atoms with Crippen molar-refractivity contribution in [1.29, 1.82) is 0 Å². The monoisotopic (exact) mass is 342 g/mol. The number of nitrogens with one attached hydrogen (secondary N) is 1. The summed E-state index contributed by atoms with van der Waals surface area (Å²) in [6.45, 7) is 0. The average molecular weight is 343 g/mol. The Balaban J connectivity index is 1.81. The molecule has 2 aromatic rings. The van der Waals surface area contributed by atoms with Gasteiger partial charge in [0.1, 0.15) is 0 Å². The molecule has 4 nitrogen and oxygen atoms in total. The fourth-order valence-electron chi connectivity index (χ4n) is 2.61. The second-order valence-corrected chi connectivity index (χ2v) is 8.42. The van der Waals surface area contributed by atoms with E-state index in [1.54, 1.807) is 23.5 Å². The lowest BCUT2D eigenvalue weighted by molar-refractivity contribution is 0.597. The number of hydrogen-bond donors (Lipinski definition) is 2. The summed E-state index contributed by atoms with van der Waals surface area (Å²) >= 11 is 7.74. The highest BCUT2D eigenvalue weighted by molar-refractivity contribution is 7.89. The standard InChI is InChI=1S/C14H15ClN2O2S2/c15-14-8-11-12(2-1-3-13(11)20-14)17-9-4-6-10(7-5-9)21(16,18)19/h4-8,12,17H,1-3H2,(H2,16,18,19). The number of aryl methyl sites for hydroxylation is 1. The van der Waals surface area contributed by atoms with Crippen LogP contribution in [-0.2, 0) is 16.4 Å². The number of thiophene rings is 1. The smallest absolute Gasteiger partial charge is 0.238 e. The largest absolute Gasteiger partial charge is 0.378 e. The van der Waals surface area contributed by atoms with Crippen LogP contribution in [0.2, 0.25) is 4.34 Å². The van der Waals surface area contributed by atoms with Crippen molar-refractivity contribution in [2.75, 3.05) is 5.32 Å². The molecular formula is C14H15ClN2O2S2. The number of rotatable bonds is 3. The maximum Gasteiger partial charge on any atom is 0.238 e. The van der Waals surface area contributed by atoms with Gasteiger partial charge in [0.05, 0.1) is 15.3 Å². The number of benzene rings is 1. The van der Waals surface area contributed by atoms with E-state index >= 15 is 0 Å². The van der Waals surface area contributed by atoms with E-state index in [0.717, 1.165) is 29.3 Å². The molecule has 112 valence electrons. The van der Waals surface area contributed by atoms with Crippen LogP contribution >= 0.6 is 22.9 Å². The Hall–Kier alpha value is -1.08. The van der Waals surface area contributed by atoms with Crippen molar-refractivity contribution in [1.82, 2.24) is 0 Å². The normalized spacial score (nSPS) is 18.3. The second-order valence-electron chi connectivity index (χ2n) is 5.09. The van der Waals surface area contributed by atoms with Crippen LogP contribution in [0.3, 0.4) is 0 Å². The van der Waals surface area contributed by atoms with Gasteiger partial charge in [0.25, 0.3) is 0 Å². The number of hydrogen-bond acceptors (Lipinski definition) is 4. The van der Waals surface area contributed by atoms with Crippen LogP contribution in [0.1, 0.15) is 29.3 Å². The summed E-state index contributed by atoms with van der Waals surface area (Å²) in [5, 5.41) is 8.54. The lowest BCUT2D eigenvalue weighted by atomic mass is 9.94. The fourth-order valence-corrected chi connectivity index (χ4v) is 4.51. The molecule has 7 heteroatoms. The third-order valence-electron chi connectivity index (χ3n) is 3.61. The van der Waals surface area contributed by atoms with Crippen LogP contribution in [0, 0.1) is 0 Å². The Morgan fingerprint density at radius 1 is 1.29 bits per heavy atom. The first kappa shape index (κ1) is 14.8. The summed E-state index contributed by atoms with van der Waals surface area (Å²) < 4.78 is 23.3. The first-order valence-corrected chi connectivity index (χ1v) is 9.35. The molecule has 1 aromatic heterocycles. The van der Waals surface area contributed by atoms with Gasteiger partial charge in [0, 0.05) is 10.6 Å². The van der Waals surface area contributed by atoms with E-state index in [1.807, 2.05) is 6.07 Å². The summed E-state index contributed by atoms with van der Waals surface area (Å²) in [4.78, 5) is 1.46. The summed E-state index contributed by atoms with van der Waals surface area (Å²) in [5.74, 6) is 0. The Morgan fingerprint density at radius 2 is 2.00 bits per heavy atom. The van der Waals surface area contributed by atoms with E-state index in [2.05, 4.69) is 5.32 Å². The van der Waals surface area contributed by atoms with Gasteiger partial charge in [-0.2, -0.15) is 0 Å². The van der Waals surface area contributed by atoms with Crippen molar-refractivity contribution in [2.24, 2.45) is 5.14 Å². The van der Waals surface area contributed by atoms with Gasteiger partial charge in [-0.15, -0.1) is 11.3 Å². The van der Waals surface area contributed by atoms with Crippen molar-refractivity contribution >= 4 is 38.6 Å². The minimum atomic E-state index is -3.64. The van der Waals surface area contributed by atoms with Crippen LogP contribution in [0.4, 0.5) is 5.69 Å². The number of primary sulfonamides is 1. The SMILES string of the molecule is NS(=O)(=O)c1ccc(NC2CCCc3sc(Cl)cc32)cc1. The highest BCUT2D eigenvalue weighted by Crippen LogP contribution is 2.39. The molecule has 21 heavy (non-hydrogen) atoms. The van der Waals surface area contributed by atoms with Crippen molar-refractivity contribution in [3.05, 3.63) is 45.1 Å². The Labute approximate surface area is 133 Å². The molecule has 0 radical (unpaired) electrons. The van der Waals surface area contributed by atoms with Crippen LogP contribution in [-0.4, -0.2) is 8.42 Å². The lowest BCUT2D eigenvalue weighted by Crippen LogP contribution is -2.16. The summed E-state index contributed by atoms with van der Waals surface area (Å²) in [6.07, 6.45) is 3.24. The molecule has 1 atom stereocenters. The topological polar surface area (TPSA) is 72.2 Å². The van der Waals surface area contributed by atoms with Gasteiger partial charge in [-0.25, -0.2) is 13.6 Å². The molecule has 3 rings (SSSR count). The van der Waals surface area contributed by atoms with Crippen LogP contribution in [0.25, 0.3) is 0 Å². The van der Waals surface area contributed by atoms with Gasteiger partial charge in [0.15, 0.2) is 0 Å². The quantitative estimate of drug-likeness (QED) is 0.896. The predicted molar refractivity (Wildman–Crippen MR) is 86.4 cm³/mol. The summed E-state index contributed by atoms with van der Waals surface area (Å²) in [5.41, 5.74) is 2.13. The summed E-state index contributed by atoms with van der Waals surface area (Å²) in [7, 11) is -3.64. The molecule has 0 saturated heterocycles. The summed E-state index contributed by atoms with van der Waals surface area (Å²) in [6, 6.07) is 8.75. The molecule has 1 unspecified atom stereocenters. The third kappa shape index (κ3) is 3.23. The van der Waals surface area contributed by atoms with Gasteiger partial charge >= 0.3 is 0 Å². The Bertz CT molecular complexity index is 754. The molecule has 0 bridgehead atoms. The molecule has 1 heterocycles. The molecule has 0 saturated carbocycles. The van der Waals surface area contributed by atoms with Crippen molar-refractivity contribution < 1.29 is 8.42 Å². The van der Waals surface area contributed by atoms with E-state index in [9.17, 15) is 8.42 Å². The Kier molecular flexibility index (Phi) is 3.96. The minimum Gasteiger partial charge on any atom is -0.378 e. The first-order chi connectivity index (χ1) is 9.93. The fraction of sp³-hybridized carbons (Fsp3) is 0.286. The zero-order valence-electron chi connectivity index (χ0n) is 11.2. The average Bonchev–Trinajstić information content (AvgIpc) is 2.80. The van der Waals surface area contributed by atoms with Crippen LogP contribution in [0.15, 0.2) is 35.2 Å². The third-order valence-corrected chi connectivity index (χ3v) is 5.88. The Morgan fingerprint density at radius 3 is 2.67 bits per heavy atom. The molecular weight excluding hydrogens is 328 g/mol. The first-order valence-electron chi connectivity index (χ1n) is 6.61. The predicted octanol–water partition coefficient (Wildman–Crippen LogP) is 3.54. The van der Waals surface area contributed by atoms with Crippen molar-refractivity contribution in [2.45, 2.75) is 30.2 Å². The van der Waals surface area contributed by atoms with Gasteiger partial charge in [0.2, 0.25) is 10.0 Å². The van der Waals surface area contributed by atoms with E-state index in [-0.39, 0.29) is 10.9 Å². The zero-order valence-corrected chi connectivity index (χ0v) is 13.6. The molecule has 0 fully saturated rings. The van der Waals surface area contributed by atoms with Crippen molar-refractivity contribution in [3.63, 3.8) is 0 Å². The molecule has 1 aromatic carbocycles. The molecule has 1 aliphatic rings. The molecule has 1 aliphatic carbocycles. The van der Waals surface area contributed by atoms with Gasteiger partial charge in [-0.1, -0.05) is 11.6 Å². The van der Waals surface area contributed by atoms with Crippen LogP contribution < -0.4 is 10.5 Å². The maximum atomic E-state index is 11.2. The van der Waals surface area contributed by atoms with E-state index in [1.165, 1.54) is 22.6 Å². The van der Waals surface area contributed by atoms with Gasteiger partial charge in [-0.05, 0) is 55.2 Å². The minimum absolute atomic E-state index is 0.121. The van der Waals surface area contributed by atoms with Gasteiger partial charge < -0.3 is 5.32 Å². The number of nitrogens with two attached hydrogens (primary N) is 1. The zero-order chi connectivity index (χ0) is 15.0.